The quantitative estimate of drug-likeness (QED) is 0.0404. The van der Waals surface area contributed by atoms with Crippen molar-refractivity contribution >= 4 is 17.9 Å². The first-order valence-electron chi connectivity index (χ1n) is 19.2. The lowest BCUT2D eigenvalue weighted by Crippen LogP contribution is -2.30. The molecule has 0 fully saturated rings. The van der Waals surface area contributed by atoms with Crippen molar-refractivity contribution < 1.29 is 28.6 Å². The van der Waals surface area contributed by atoms with Gasteiger partial charge >= 0.3 is 17.9 Å². The molecule has 1 atom stereocenters. The van der Waals surface area contributed by atoms with Gasteiger partial charge in [-0.25, -0.2) is 0 Å². The monoisotopic (exact) mass is 639 g/mol. The molecule has 45 heavy (non-hydrogen) atoms. The van der Waals surface area contributed by atoms with E-state index in [4.69, 9.17) is 14.2 Å². The van der Waals surface area contributed by atoms with Crippen molar-refractivity contribution in [3.8, 4) is 0 Å². The average Bonchev–Trinajstić information content (AvgIpc) is 2.99. The topological polar surface area (TPSA) is 78.9 Å². The highest BCUT2D eigenvalue weighted by Crippen LogP contribution is 2.15. The van der Waals surface area contributed by atoms with Crippen molar-refractivity contribution in [3.63, 3.8) is 0 Å². The molecule has 6 nitrogen and oxygen atoms in total. The number of carbonyl (C=O) groups is 3. The third kappa shape index (κ3) is 33.6. The minimum atomic E-state index is -0.758. The van der Waals surface area contributed by atoms with Crippen LogP contribution >= 0.6 is 0 Å². The van der Waals surface area contributed by atoms with Crippen LogP contribution < -0.4 is 0 Å². The molecule has 0 radical (unpaired) electrons. The third-order valence-corrected chi connectivity index (χ3v) is 8.47. The van der Waals surface area contributed by atoms with Crippen LogP contribution in [0.25, 0.3) is 0 Å². The summed E-state index contributed by atoms with van der Waals surface area (Å²) in [7, 11) is 0. The van der Waals surface area contributed by atoms with Crippen LogP contribution in [-0.2, 0) is 28.6 Å². The Bertz CT molecular complexity index is 689. The fraction of sp³-hybridized carbons (Fsp3) is 0.923. The number of unbranched alkanes of at least 4 members (excludes halogenated alkanes) is 18. The minimum Gasteiger partial charge on any atom is -0.462 e. The molecule has 0 unspecified atom stereocenters. The summed E-state index contributed by atoms with van der Waals surface area (Å²) >= 11 is 0. The van der Waals surface area contributed by atoms with E-state index in [1.807, 2.05) is 0 Å². The Morgan fingerprint density at radius 3 is 1.09 bits per heavy atom. The zero-order valence-corrected chi connectivity index (χ0v) is 30.5. The molecule has 0 spiro atoms. The average molecular weight is 639 g/mol. The van der Waals surface area contributed by atoms with Crippen LogP contribution in [0.3, 0.4) is 0 Å². The molecular formula is C39H74O6. The fourth-order valence-corrected chi connectivity index (χ4v) is 5.52. The third-order valence-electron chi connectivity index (χ3n) is 8.47. The summed E-state index contributed by atoms with van der Waals surface area (Å²) in [5.41, 5.74) is 0. The van der Waals surface area contributed by atoms with E-state index in [1.54, 1.807) is 0 Å². The van der Waals surface area contributed by atoms with Gasteiger partial charge in [-0.2, -0.15) is 0 Å². The van der Waals surface area contributed by atoms with Crippen LogP contribution in [0.4, 0.5) is 0 Å². The molecule has 0 aromatic rings. The zero-order valence-electron chi connectivity index (χ0n) is 30.5. The van der Waals surface area contributed by atoms with Crippen molar-refractivity contribution in [1.82, 2.24) is 0 Å². The second-order valence-electron chi connectivity index (χ2n) is 14.2. The van der Waals surface area contributed by atoms with E-state index in [2.05, 4.69) is 34.6 Å². The summed E-state index contributed by atoms with van der Waals surface area (Å²) in [5.74, 6) is 0.680. The largest absolute Gasteiger partial charge is 0.462 e. The lowest BCUT2D eigenvalue weighted by Gasteiger charge is -2.18. The minimum absolute atomic E-state index is 0.0679. The lowest BCUT2D eigenvalue weighted by atomic mass is 10.0. The molecule has 0 aliphatic carbocycles. The molecule has 0 aromatic carbocycles. The molecule has 0 aliphatic rings. The first-order valence-corrected chi connectivity index (χ1v) is 19.2. The fourth-order valence-electron chi connectivity index (χ4n) is 5.52. The van der Waals surface area contributed by atoms with Gasteiger partial charge in [0.2, 0.25) is 0 Å². The van der Waals surface area contributed by atoms with Crippen LogP contribution in [0.2, 0.25) is 0 Å². The van der Waals surface area contributed by atoms with Crippen LogP contribution in [0, 0.1) is 11.8 Å². The molecular weight excluding hydrogens is 564 g/mol. The van der Waals surface area contributed by atoms with Gasteiger partial charge in [0.05, 0.1) is 0 Å². The molecule has 0 saturated heterocycles. The van der Waals surface area contributed by atoms with Gasteiger partial charge in [-0.05, 0) is 31.1 Å². The lowest BCUT2D eigenvalue weighted by molar-refractivity contribution is -0.167. The number of hydrogen-bond acceptors (Lipinski definition) is 6. The number of esters is 3. The maximum absolute atomic E-state index is 12.6. The summed E-state index contributed by atoms with van der Waals surface area (Å²) < 4.78 is 16.5. The molecule has 0 aliphatic heterocycles. The summed E-state index contributed by atoms with van der Waals surface area (Å²) in [6.45, 7) is 11.2. The maximum atomic E-state index is 12.6. The van der Waals surface area contributed by atoms with E-state index in [1.165, 1.54) is 89.9 Å². The van der Waals surface area contributed by atoms with Gasteiger partial charge in [0.1, 0.15) is 13.2 Å². The summed E-state index contributed by atoms with van der Waals surface area (Å²) in [5, 5.41) is 0. The normalized spacial score (nSPS) is 12.1. The van der Waals surface area contributed by atoms with Crippen molar-refractivity contribution in [3.05, 3.63) is 0 Å². The van der Waals surface area contributed by atoms with Gasteiger partial charge in [0.25, 0.3) is 0 Å². The van der Waals surface area contributed by atoms with Crippen molar-refractivity contribution in [2.24, 2.45) is 11.8 Å². The predicted molar refractivity (Wildman–Crippen MR) is 187 cm³/mol. The van der Waals surface area contributed by atoms with Crippen molar-refractivity contribution in [2.75, 3.05) is 13.2 Å². The number of carbonyl (C=O) groups excluding carboxylic acids is 3. The van der Waals surface area contributed by atoms with Crippen LogP contribution in [-0.4, -0.2) is 37.2 Å². The van der Waals surface area contributed by atoms with Gasteiger partial charge in [-0.1, -0.05) is 163 Å². The van der Waals surface area contributed by atoms with E-state index in [0.29, 0.717) is 19.3 Å². The Morgan fingerprint density at radius 2 is 0.733 bits per heavy atom. The van der Waals surface area contributed by atoms with Gasteiger partial charge < -0.3 is 14.2 Å². The van der Waals surface area contributed by atoms with Crippen molar-refractivity contribution in [2.45, 2.75) is 208 Å². The van der Waals surface area contributed by atoms with E-state index in [9.17, 15) is 14.4 Å². The van der Waals surface area contributed by atoms with Crippen LogP contribution in [0.1, 0.15) is 202 Å². The molecule has 266 valence electrons. The smallest absolute Gasteiger partial charge is 0.306 e. The Morgan fingerprint density at radius 1 is 0.422 bits per heavy atom. The van der Waals surface area contributed by atoms with E-state index < -0.39 is 6.10 Å². The SMILES string of the molecule is CCCCCCCCCC(=O)OC[C@@H](COC(=O)CCCCCCCCCC(C)C)OC(=O)CCCCCCCCCC(C)C. The van der Waals surface area contributed by atoms with E-state index in [0.717, 1.165) is 69.6 Å². The predicted octanol–water partition coefficient (Wildman–Crippen LogP) is 11.5. The standard InChI is InChI=1S/C39H74O6/c1-6-7-8-9-12-19-24-29-37(40)43-32-36(45-39(42)31-26-21-16-11-14-18-23-28-35(4)5)33-44-38(41)30-25-20-15-10-13-17-22-27-34(2)3/h34-36H,6-33H2,1-5H3/t36-/m0/s1. The molecule has 0 N–H and O–H groups in total. The van der Waals surface area contributed by atoms with Crippen molar-refractivity contribution in [1.29, 1.82) is 0 Å². The first-order chi connectivity index (χ1) is 21.7. The van der Waals surface area contributed by atoms with Crippen LogP contribution in [0.5, 0.6) is 0 Å². The number of ether oxygens (including phenoxy) is 3. The molecule has 0 heterocycles. The highest BCUT2D eigenvalue weighted by atomic mass is 16.6. The Hall–Kier alpha value is -1.59. The van der Waals surface area contributed by atoms with E-state index in [-0.39, 0.29) is 31.1 Å². The molecule has 0 amide bonds. The Labute approximate surface area is 278 Å². The van der Waals surface area contributed by atoms with Gasteiger partial charge in [-0.3, -0.25) is 14.4 Å². The van der Waals surface area contributed by atoms with Gasteiger partial charge in [0.15, 0.2) is 6.10 Å². The van der Waals surface area contributed by atoms with Gasteiger partial charge in [-0.15, -0.1) is 0 Å². The molecule has 6 heteroatoms. The molecule has 0 saturated carbocycles. The number of hydrogen-bond donors (Lipinski definition) is 0. The summed E-state index contributed by atoms with van der Waals surface area (Å²) in [6, 6.07) is 0. The summed E-state index contributed by atoms with van der Waals surface area (Å²) in [6.07, 6.45) is 26.9. The first kappa shape index (κ1) is 43.4. The Kier molecular flexibility index (Phi) is 31.2. The molecule has 0 rings (SSSR count). The second kappa shape index (κ2) is 32.4. The molecule has 0 bridgehead atoms. The van der Waals surface area contributed by atoms with Gasteiger partial charge in [0, 0.05) is 19.3 Å². The highest BCUT2D eigenvalue weighted by molar-refractivity contribution is 5.71. The van der Waals surface area contributed by atoms with E-state index >= 15 is 0 Å². The highest BCUT2D eigenvalue weighted by Gasteiger charge is 2.19. The zero-order chi connectivity index (χ0) is 33.4. The maximum Gasteiger partial charge on any atom is 0.306 e. The summed E-state index contributed by atoms with van der Waals surface area (Å²) in [4.78, 5) is 37.3. The van der Waals surface area contributed by atoms with Crippen LogP contribution in [0.15, 0.2) is 0 Å². The number of rotatable bonds is 33. The molecule has 0 aromatic heterocycles. The second-order valence-corrected chi connectivity index (χ2v) is 14.2. The Balaban J connectivity index is 4.35.